The van der Waals surface area contributed by atoms with Crippen LogP contribution >= 0.6 is 11.6 Å². The van der Waals surface area contributed by atoms with Gasteiger partial charge in [0.15, 0.2) is 0 Å². The fourth-order valence-corrected chi connectivity index (χ4v) is 2.34. The molecule has 0 fully saturated rings. The summed E-state index contributed by atoms with van der Waals surface area (Å²) in [5.74, 6) is 0.723. The summed E-state index contributed by atoms with van der Waals surface area (Å²) < 4.78 is 18.5. The minimum Gasteiger partial charge on any atom is -0.337 e. The Morgan fingerprint density at radius 1 is 1.04 bits per heavy atom. The van der Waals surface area contributed by atoms with Crippen molar-refractivity contribution in [2.45, 2.75) is 6.54 Å². The smallest absolute Gasteiger partial charge is 0.250 e. The highest BCUT2D eigenvalue weighted by Gasteiger charge is 2.12. The van der Waals surface area contributed by atoms with Gasteiger partial charge in [0.25, 0.3) is 5.89 Å². The van der Waals surface area contributed by atoms with Crippen molar-refractivity contribution in [3.05, 3.63) is 65.3 Å². The van der Waals surface area contributed by atoms with Crippen LogP contribution in [0.15, 0.2) is 53.1 Å². The molecule has 0 saturated heterocycles. The van der Waals surface area contributed by atoms with Gasteiger partial charge in [-0.2, -0.15) is 9.78 Å². The van der Waals surface area contributed by atoms with Crippen molar-refractivity contribution in [2.24, 2.45) is 0 Å². The van der Waals surface area contributed by atoms with E-state index in [0.717, 1.165) is 5.56 Å². The first-order chi connectivity index (χ1) is 12.2. The second-order valence-electron chi connectivity index (χ2n) is 5.17. The molecule has 9 heteroatoms. The molecule has 0 atom stereocenters. The molecular formula is C16H10ClFN6O. The number of hydrogen-bond donors (Lipinski definition) is 0. The van der Waals surface area contributed by atoms with Gasteiger partial charge in [0.1, 0.15) is 12.4 Å². The topological polar surface area (TPSA) is 82.5 Å². The van der Waals surface area contributed by atoms with E-state index in [9.17, 15) is 4.39 Å². The molecule has 0 aliphatic heterocycles. The zero-order chi connectivity index (χ0) is 17.2. The normalized spacial score (nSPS) is 11.0. The van der Waals surface area contributed by atoms with Gasteiger partial charge in [0.05, 0.1) is 0 Å². The van der Waals surface area contributed by atoms with Crippen molar-refractivity contribution in [3.63, 3.8) is 0 Å². The number of halogens is 2. The van der Waals surface area contributed by atoms with E-state index in [2.05, 4.69) is 25.6 Å². The van der Waals surface area contributed by atoms with Gasteiger partial charge in [0.2, 0.25) is 11.6 Å². The fourth-order valence-electron chi connectivity index (χ4n) is 2.21. The molecule has 7 nitrogen and oxygen atoms in total. The van der Waals surface area contributed by atoms with Crippen LogP contribution in [0.2, 0.25) is 5.02 Å². The molecule has 0 unspecified atom stereocenters. The van der Waals surface area contributed by atoms with E-state index < -0.39 is 0 Å². The van der Waals surface area contributed by atoms with Gasteiger partial charge in [-0.25, -0.2) is 4.39 Å². The van der Waals surface area contributed by atoms with Gasteiger partial charge in [-0.3, -0.25) is 0 Å². The molecule has 0 amide bonds. The Labute approximate surface area is 146 Å². The molecule has 0 aliphatic carbocycles. The zero-order valence-corrected chi connectivity index (χ0v) is 13.4. The highest BCUT2D eigenvalue weighted by Crippen LogP contribution is 2.19. The van der Waals surface area contributed by atoms with E-state index in [-0.39, 0.29) is 12.4 Å². The Bertz CT molecular complexity index is 1010. The summed E-state index contributed by atoms with van der Waals surface area (Å²) in [6.07, 6.45) is 0. The van der Waals surface area contributed by atoms with E-state index in [1.54, 1.807) is 36.4 Å². The Morgan fingerprint density at radius 3 is 2.68 bits per heavy atom. The zero-order valence-electron chi connectivity index (χ0n) is 12.7. The van der Waals surface area contributed by atoms with Gasteiger partial charge in [0, 0.05) is 16.1 Å². The van der Waals surface area contributed by atoms with E-state index in [0.29, 0.717) is 28.1 Å². The van der Waals surface area contributed by atoms with E-state index >= 15 is 0 Å². The molecule has 2 aromatic carbocycles. The number of benzene rings is 2. The van der Waals surface area contributed by atoms with E-state index in [1.807, 2.05) is 0 Å². The molecule has 124 valence electrons. The van der Waals surface area contributed by atoms with Crippen molar-refractivity contribution < 1.29 is 8.91 Å². The molecule has 2 aromatic heterocycles. The van der Waals surface area contributed by atoms with Crippen molar-refractivity contribution in [3.8, 4) is 22.8 Å². The lowest BCUT2D eigenvalue weighted by molar-refractivity contribution is 0.356. The Balaban J connectivity index is 1.52. The Morgan fingerprint density at radius 2 is 1.88 bits per heavy atom. The fraction of sp³-hybridized carbons (Fsp3) is 0.0625. The summed E-state index contributed by atoms with van der Waals surface area (Å²) in [7, 11) is 0. The number of nitrogens with zero attached hydrogens (tertiary/aromatic N) is 6. The second-order valence-corrected chi connectivity index (χ2v) is 5.61. The van der Waals surface area contributed by atoms with Crippen LogP contribution in [0.1, 0.15) is 5.89 Å². The van der Waals surface area contributed by atoms with Crippen molar-refractivity contribution in [1.82, 2.24) is 30.3 Å². The Kier molecular flexibility index (Phi) is 3.95. The van der Waals surface area contributed by atoms with E-state index in [1.165, 1.54) is 16.9 Å². The third-order valence-corrected chi connectivity index (χ3v) is 3.63. The summed E-state index contributed by atoms with van der Waals surface area (Å²) in [6.45, 7) is 0.156. The predicted octanol–water partition coefficient (Wildman–Crippen LogP) is 3.23. The summed E-state index contributed by atoms with van der Waals surface area (Å²) in [5, 5.41) is 16.6. The average Bonchev–Trinajstić information content (AvgIpc) is 3.26. The maximum absolute atomic E-state index is 13.3. The molecule has 0 bridgehead atoms. The van der Waals surface area contributed by atoms with Gasteiger partial charge in [-0.05, 0) is 41.6 Å². The molecule has 0 saturated carbocycles. The van der Waals surface area contributed by atoms with Crippen LogP contribution < -0.4 is 0 Å². The third kappa shape index (κ3) is 3.38. The quantitative estimate of drug-likeness (QED) is 0.558. The van der Waals surface area contributed by atoms with Crippen LogP contribution in [0.25, 0.3) is 22.8 Å². The summed E-state index contributed by atoms with van der Waals surface area (Å²) in [5.41, 5.74) is 1.32. The van der Waals surface area contributed by atoms with Crippen LogP contribution in [-0.4, -0.2) is 30.3 Å². The second kappa shape index (κ2) is 6.40. The van der Waals surface area contributed by atoms with Gasteiger partial charge in [-0.1, -0.05) is 28.9 Å². The molecule has 0 aliphatic rings. The van der Waals surface area contributed by atoms with Crippen molar-refractivity contribution in [1.29, 1.82) is 0 Å². The number of rotatable bonds is 4. The SMILES string of the molecule is Fc1cccc(-c2nnn(Cc3nc(-c4ccc(Cl)cc4)no3)n2)c1. The molecule has 4 aromatic rings. The van der Waals surface area contributed by atoms with Gasteiger partial charge < -0.3 is 4.52 Å². The average molecular weight is 357 g/mol. The molecule has 0 spiro atoms. The largest absolute Gasteiger partial charge is 0.337 e. The Hall–Kier alpha value is -3.13. The minimum absolute atomic E-state index is 0.156. The van der Waals surface area contributed by atoms with E-state index in [4.69, 9.17) is 16.1 Å². The number of tetrazole rings is 1. The van der Waals surface area contributed by atoms with Crippen LogP contribution in [0, 0.1) is 5.82 Å². The van der Waals surface area contributed by atoms with Gasteiger partial charge in [-0.15, -0.1) is 10.2 Å². The van der Waals surface area contributed by atoms with Crippen molar-refractivity contribution >= 4 is 11.6 Å². The molecular weight excluding hydrogens is 347 g/mol. The number of hydrogen-bond acceptors (Lipinski definition) is 6. The standard InChI is InChI=1S/C16H10ClFN6O/c17-12-6-4-10(5-7-12)15-19-14(25-22-15)9-24-21-16(20-23-24)11-2-1-3-13(18)8-11/h1-8H,9H2. The summed E-state index contributed by atoms with van der Waals surface area (Å²) >= 11 is 5.86. The van der Waals surface area contributed by atoms with Crippen LogP contribution in [0.4, 0.5) is 4.39 Å². The first kappa shape index (κ1) is 15.4. The molecule has 25 heavy (non-hydrogen) atoms. The van der Waals surface area contributed by atoms with Gasteiger partial charge >= 0.3 is 0 Å². The third-order valence-electron chi connectivity index (χ3n) is 3.38. The van der Waals surface area contributed by atoms with Crippen molar-refractivity contribution in [2.75, 3.05) is 0 Å². The highest BCUT2D eigenvalue weighted by atomic mass is 35.5. The summed E-state index contributed by atoms with van der Waals surface area (Å²) in [6, 6.07) is 13.1. The maximum atomic E-state index is 13.3. The highest BCUT2D eigenvalue weighted by molar-refractivity contribution is 6.30. The van der Waals surface area contributed by atoms with Crippen LogP contribution in [0.5, 0.6) is 0 Å². The first-order valence-corrected chi connectivity index (χ1v) is 7.67. The number of aromatic nitrogens is 6. The lowest BCUT2D eigenvalue weighted by Crippen LogP contribution is -2.04. The lowest BCUT2D eigenvalue weighted by atomic mass is 10.2. The molecule has 4 rings (SSSR count). The predicted molar refractivity (Wildman–Crippen MR) is 87.1 cm³/mol. The lowest BCUT2D eigenvalue weighted by Gasteiger charge is -1.94. The monoisotopic (exact) mass is 356 g/mol. The summed E-state index contributed by atoms with van der Waals surface area (Å²) in [4.78, 5) is 5.60. The van der Waals surface area contributed by atoms with Crippen LogP contribution in [-0.2, 0) is 6.54 Å². The first-order valence-electron chi connectivity index (χ1n) is 7.30. The molecule has 0 radical (unpaired) electrons. The minimum atomic E-state index is -0.363. The maximum Gasteiger partial charge on any atom is 0.250 e. The molecule has 0 N–H and O–H groups in total. The van der Waals surface area contributed by atoms with Crippen LogP contribution in [0.3, 0.4) is 0 Å². The molecule has 2 heterocycles.